The Kier molecular flexibility index (Phi) is 11.3. The molecule has 1 rings (SSSR count). The van der Waals surface area contributed by atoms with Crippen LogP contribution in [-0.4, -0.2) is 30.8 Å². The van der Waals surface area contributed by atoms with Crippen LogP contribution in [0.1, 0.15) is 84.0 Å². The van der Waals surface area contributed by atoms with Gasteiger partial charge < -0.3 is 4.90 Å². The Labute approximate surface area is 125 Å². The van der Waals surface area contributed by atoms with Crippen molar-refractivity contribution in [1.29, 1.82) is 0 Å². The van der Waals surface area contributed by atoms with Gasteiger partial charge in [-0.25, -0.2) is 4.99 Å². The summed E-state index contributed by atoms with van der Waals surface area (Å²) in [4.78, 5) is 10.4. The molecule has 0 aromatic rings. The number of hydrogen-bond acceptors (Lipinski definition) is 3. The summed E-state index contributed by atoms with van der Waals surface area (Å²) in [5.41, 5.74) is 0. The SMILES string of the molecule is CCCCCCCCCCCCCCN1C=NC=NC1. The van der Waals surface area contributed by atoms with Crippen LogP contribution in [0.2, 0.25) is 0 Å². The van der Waals surface area contributed by atoms with E-state index in [2.05, 4.69) is 21.8 Å². The minimum absolute atomic E-state index is 0.793. The minimum atomic E-state index is 0.793. The van der Waals surface area contributed by atoms with E-state index in [1.807, 2.05) is 6.34 Å². The third-order valence-electron chi connectivity index (χ3n) is 3.94. The molecule has 0 fully saturated rings. The van der Waals surface area contributed by atoms with E-state index in [4.69, 9.17) is 0 Å². The van der Waals surface area contributed by atoms with Gasteiger partial charge in [-0.1, -0.05) is 77.6 Å². The fraction of sp³-hybridized carbons (Fsp3) is 0.882. The van der Waals surface area contributed by atoms with E-state index in [0.717, 1.165) is 13.2 Å². The van der Waals surface area contributed by atoms with Gasteiger partial charge in [-0.3, -0.25) is 4.99 Å². The van der Waals surface area contributed by atoms with E-state index < -0.39 is 0 Å². The van der Waals surface area contributed by atoms with Crippen molar-refractivity contribution in [2.75, 3.05) is 13.2 Å². The van der Waals surface area contributed by atoms with Gasteiger partial charge in [0.05, 0.1) is 6.34 Å². The van der Waals surface area contributed by atoms with E-state index in [1.165, 1.54) is 77.0 Å². The molecule has 0 saturated carbocycles. The average Bonchev–Trinajstić information content (AvgIpc) is 2.49. The van der Waals surface area contributed by atoms with Crippen LogP contribution in [0.25, 0.3) is 0 Å². The van der Waals surface area contributed by atoms with E-state index in [-0.39, 0.29) is 0 Å². The molecule has 0 aromatic carbocycles. The van der Waals surface area contributed by atoms with Gasteiger partial charge in [-0.2, -0.15) is 0 Å². The van der Waals surface area contributed by atoms with Crippen molar-refractivity contribution in [3.05, 3.63) is 0 Å². The highest BCUT2D eigenvalue weighted by Crippen LogP contribution is 2.12. The molecule has 3 heteroatoms. The lowest BCUT2D eigenvalue weighted by atomic mass is 10.1. The molecule has 3 nitrogen and oxygen atoms in total. The highest BCUT2D eigenvalue weighted by molar-refractivity contribution is 5.72. The van der Waals surface area contributed by atoms with Gasteiger partial charge in [0.15, 0.2) is 0 Å². The Hall–Kier alpha value is -0.860. The lowest BCUT2D eigenvalue weighted by Gasteiger charge is -2.18. The second-order valence-corrected chi connectivity index (χ2v) is 5.91. The highest BCUT2D eigenvalue weighted by Gasteiger charge is 2.00. The molecule has 116 valence electrons. The monoisotopic (exact) mass is 279 g/mol. The van der Waals surface area contributed by atoms with E-state index in [0.29, 0.717) is 0 Å². The van der Waals surface area contributed by atoms with E-state index >= 15 is 0 Å². The lowest BCUT2D eigenvalue weighted by Crippen LogP contribution is -2.25. The first-order valence-corrected chi connectivity index (χ1v) is 8.69. The van der Waals surface area contributed by atoms with Crippen molar-refractivity contribution < 1.29 is 0 Å². The zero-order valence-electron chi connectivity index (χ0n) is 13.4. The van der Waals surface area contributed by atoms with Crippen LogP contribution >= 0.6 is 0 Å². The molecule has 0 radical (unpaired) electrons. The first-order chi connectivity index (χ1) is 9.93. The number of rotatable bonds is 13. The molecule has 0 amide bonds. The molecule has 0 aliphatic carbocycles. The van der Waals surface area contributed by atoms with Gasteiger partial charge in [0.1, 0.15) is 13.0 Å². The van der Waals surface area contributed by atoms with Crippen LogP contribution in [0.15, 0.2) is 9.98 Å². The Bertz CT molecular complexity index is 261. The summed E-state index contributed by atoms with van der Waals surface area (Å²) >= 11 is 0. The maximum Gasteiger partial charge on any atom is 0.113 e. The van der Waals surface area contributed by atoms with Crippen LogP contribution < -0.4 is 0 Å². The van der Waals surface area contributed by atoms with Gasteiger partial charge in [0.2, 0.25) is 0 Å². The standard InChI is InChI=1S/C17H33N3/c1-2-3-4-5-6-7-8-9-10-11-12-13-14-20-16-18-15-19-17-20/h15-16H,2-14,17H2,1H3. The number of aliphatic imine (C=N–C) groups is 2. The first-order valence-electron chi connectivity index (χ1n) is 8.69. The van der Waals surface area contributed by atoms with Crippen molar-refractivity contribution in [2.24, 2.45) is 9.98 Å². The summed E-state index contributed by atoms with van der Waals surface area (Å²) in [7, 11) is 0. The van der Waals surface area contributed by atoms with Gasteiger partial charge in [-0.05, 0) is 6.42 Å². The van der Waals surface area contributed by atoms with Gasteiger partial charge in [0, 0.05) is 6.54 Å². The molecule has 0 saturated heterocycles. The van der Waals surface area contributed by atoms with Crippen LogP contribution in [0.5, 0.6) is 0 Å². The average molecular weight is 279 g/mol. The van der Waals surface area contributed by atoms with E-state index in [9.17, 15) is 0 Å². The number of hydrogen-bond donors (Lipinski definition) is 0. The summed E-state index contributed by atoms with van der Waals surface area (Å²) < 4.78 is 0. The molecule has 20 heavy (non-hydrogen) atoms. The van der Waals surface area contributed by atoms with Gasteiger partial charge in [0.25, 0.3) is 0 Å². The Morgan fingerprint density at radius 3 is 1.85 bits per heavy atom. The molecule has 0 aromatic heterocycles. The highest BCUT2D eigenvalue weighted by atomic mass is 15.2. The zero-order chi connectivity index (χ0) is 14.3. The summed E-state index contributed by atoms with van der Waals surface area (Å²) in [5, 5.41) is 0. The van der Waals surface area contributed by atoms with Crippen molar-refractivity contribution >= 4 is 12.7 Å². The third kappa shape index (κ3) is 9.99. The summed E-state index contributed by atoms with van der Waals surface area (Å²) in [6.45, 7) is 4.19. The Balaban J connectivity index is 1.72. The van der Waals surface area contributed by atoms with Crippen molar-refractivity contribution in [3.63, 3.8) is 0 Å². The zero-order valence-corrected chi connectivity index (χ0v) is 13.4. The predicted octanol–water partition coefficient (Wildman–Crippen LogP) is 5.02. The van der Waals surface area contributed by atoms with Crippen LogP contribution in [0, 0.1) is 0 Å². The molecule has 0 N–H and O–H groups in total. The third-order valence-corrected chi connectivity index (χ3v) is 3.94. The quantitative estimate of drug-likeness (QED) is 0.435. The maximum absolute atomic E-state index is 4.14. The minimum Gasteiger partial charge on any atom is -0.343 e. The number of nitrogens with zero attached hydrogens (tertiary/aromatic N) is 3. The number of unbranched alkanes of at least 4 members (excludes halogenated alkanes) is 11. The Morgan fingerprint density at radius 2 is 1.35 bits per heavy atom. The molecule has 1 heterocycles. The molecule has 0 atom stereocenters. The molecule has 1 aliphatic rings. The summed E-state index contributed by atoms with van der Waals surface area (Å²) in [5.74, 6) is 0. The maximum atomic E-state index is 4.14. The van der Waals surface area contributed by atoms with Crippen LogP contribution in [0.3, 0.4) is 0 Å². The second-order valence-electron chi connectivity index (χ2n) is 5.91. The largest absolute Gasteiger partial charge is 0.343 e. The topological polar surface area (TPSA) is 28.0 Å². The molecular formula is C17H33N3. The second kappa shape index (κ2) is 13.1. The molecule has 1 aliphatic heterocycles. The van der Waals surface area contributed by atoms with Gasteiger partial charge >= 0.3 is 0 Å². The normalized spacial score (nSPS) is 14.2. The van der Waals surface area contributed by atoms with Crippen molar-refractivity contribution in [2.45, 2.75) is 84.0 Å². The van der Waals surface area contributed by atoms with Crippen molar-refractivity contribution in [1.82, 2.24) is 4.90 Å². The molecule has 0 spiro atoms. The lowest BCUT2D eigenvalue weighted by molar-refractivity contribution is 0.418. The fourth-order valence-electron chi connectivity index (χ4n) is 2.63. The summed E-state index contributed by atoms with van der Waals surface area (Å²) in [6.07, 6.45) is 20.4. The van der Waals surface area contributed by atoms with Crippen LogP contribution in [-0.2, 0) is 0 Å². The van der Waals surface area contributed by atoms with Crippen molar-refractivity contribution in [3.8, 4) is 0 Å². The van der Waals surface area contributed by atoms with E-state index in [1.54, 1.807) is 6.34 Å². The smallest absolute Gasteiger partial charge is 0.113 e. The predicted molar refractivity (Wildman–Crippen MR) is 89.6 cm³/mol. The fourth-order valence-corrected chi connectivity index (χ4v) is 2.63. The first kappa shape index (κ1) is 17.2. The Morgan fingerprint density at radius 1 is 0.800 bits per heavy atom. The molecular weight excluding hydrogens is 246 g/mol. The molecule has 0 bridgehead atoms. The molecule has 0 unspecified atom stereocenters. The van der Waals surface area contributed by atoms with Gasteiger partial charge in [-0.15, -0.1) is 0 Å². The van der Waals surface area contributed by atoms with Crippen LogP contribution in [0.4, 0.5) is 0 Å². The summed E-state index contributed by atoms with van der Waals surface area (Å²) in [6, 6.07) is 0.